The Morgan fingerprint density at radius 1 is 1.38 bits per heavy atom. The number of hydrogen-bond acceptors (Lipinski definition) is 4. The molecule has 0 spiro atoms. The maximum atomic E-state index is 12.5. The van der Waals surface area contributed by atoms with Gasteiger partial charge in [0, 0.05) is 5.69 Å². The third kappa shape index (κ3) is 3.52. The van der Waals surface area contributed by atoms with Crippen molar-refractivity contribution >= 4 is 33.2 Å². The van der Waals surface area contributed by atoms with Crippen LogP contribution in [0.25, 0.3) is 0 Å². The quantitative estimate of drug-likeness (QED) is 0.655. The molecule has 110 valence electrons. The number of carbonyl (C=O) groups is 1. The molecular weight excluding hydrogens is 334 g/mol. The number of ether oxygens (including phenoxy) is 1. The smallest absolute Gasteiger partial charge is 0.261 e. The first-order chi connectivity index (χ1) is 10.0. The first kappa shape index (κ1) is 15.3. The maximum Gasteiger partial charge on any atom is 0.261 e. The van der Waals surface area contributed by atoms with Crippen molar-refractivity contribution in [3.63, 3.8) is 0 Å². The first-order valence-electron chi connectivity index (χ1n) is 6.48. The van der Waals surface area contributed by atoms with Gasteiger partial charge in [-0.15, -0.1) is 0 Å². The van der Waals surface area contributed by atoms with E-state index in [1.54, 1.807) is 30.3 Å². The summed E-state index contributed by atoms with van der Waals surface area (Å²) in [6.45, 7) is 4.13. The predicted molar refractivity (Wildman–Crippen MR) is 86.7 cm³/mol. The number of aromatic nitrogens is 1. The van der Waals surface area contributed by atoms with Crippen molar-refractivity contribution in [3.05, 3.63) is 46.2 Å². The summed E-state index contributed by atoms with van der Waals surface area (Å²) in [6, 6.07) is 8.69. The molecular formula is C15H16BrN3O2. The zero-order valence-corrected chi connectivity index (χ0v) is 13.4. The van der Waals surface area contributed by atoms with Crippen molar-refractivity contribution in [3.8, 4) is 5.75 Å². The molecule has 1 amide bonds. The van der Waals surface area contributed by atoms with E-state index in [2.05, 4.69) is 26.2 Å². The third-order valence-electron chi connectivity index (χ3n) is 2.89. The van der Waals surface area contributed by atoms with E-state index in [4.69, 9.17) is 10.5 Å². The van der Waals surface area contributed by atoms with Crippen molar-refractivity contribution in [1.82, 2.24) is 4.98 Å². The molecule has 0 radical (unpaired) electrons. The van der Waals surface area contributed by atoms with Crippen molar-refractivity contribution < 1.29 is 9.53 Å². The molecule has 6 heteroatoms. The zero-order valence-electron chi connectivity index (χ0n) is 11.8. The van der Waals surface area contributed by atoms with Crippen LogP contribution in [0.15, 0.2) is 34.9 Å². The number of benzene rings is 1. The summed E-state index contributed by atoms with van der Waals surface area (Å²) in [5, 5.41) is 2.81. The van der Waals surface area contributed by atoms with Crippen LogP contribution in [0.2, 0.25) is 0 Å². The van der Waals surface area contributed by atoms with Crippen molar-refractivity contribution in [2.24, 2.45) is 0 Å². The minimum absolute atomic E-state index is 0.316. The average Bonchev–Trinajstić information content (AvgIpc) is 2.42. The Balaban J connectivity index is 2.32. The topological polar surface area (TPSA) is 77.2 Å². The lowest BCUT2D eigenvalue weighted by Gasteiger charge is -2.13. The fourth-order valence-corrected chi connectivity index (χ4v) is 2.31. The lowest BCUT2D eigenvalue weighted by molar-refractivity contribution is 0.102. The third-order valence-corrected chi connectivity index (χ3v) is 3.33. The summed E-state index contributed by atoms with van der Waals surface area (Å²) in [6.07, 6.45) is 0. The van der Waals surface area contributed by atoms with Crippen LogP contribution in [0.1, 0.15) is 23.0 Å². The second-order valence-electron chi connectivity index (χ2n) is 4.37. The summed E-state index contributed by atoms with van der Waals surface area (Å²) in [5.41, 5.74) is 7.96. The number of anilines is 2. The van der Waals surface area contributed by atoms with E-state index in [9.17, 15) is 4.79 Å². The molecule has 21 heavy (non-hydrogen) atoms. The number of pyridine rings is 1. The molecule has 0 unspecified atom stereocenters. The molecule has 0 atom stereocenters. The first-order valence-corrected chi connectivity index (χ1v) is 7.28. The fraction of sp³-hybridized carbons (Fsp3) is 0.200. The van der Waals surface area contributed by atoms with E-state index < -0.39 is 0 Å². The SMILES string of the molecule is CCOc1cccc(N)c1C(=O)Nc1ccc(Br)nc1C. The van der Waals surface area contributed by atoms with Crippen LogP contribution in [0, 0.1) is 6.92 Å². The Labute approximate surface area is 131 Å². The van der Waals surface area contributed by atoms with E-state index >= 15 is 0 Å². The predicted octanol–water partition coefficient (Wildman–Crippen LogP) is 3.39. The molecule has 0 aliphatic heterocycles. The number of halogens is 1. The molecule has 3 N–H and O–H groups in total. The summed E-state index contributed by atoms with van der Waals surface area (Å²) in [5.74, 6) is 0.154. The number of aryl methyl sites for hydroxylation is 1. The molecule has 1 heterocycles. The highest BCUT2D eigenvalue weighted by molar-refractivity contribution is 9.10. The van der Waals surface area contributed by atoms with Crippen LogP contribution >= 0.6 is 15.9 Å². The highest BCUT2D eigenvalue weighted by atomic mass is 79.9. The Hall–Kier alpha value is -2.08. The van der Waals surface area contributed by atoms with Crippen LogP contribution < -0.4 is 15.8 Å². The van der Waals surface area contributed by atoms with E-state index in [0.29, 0.717) is 39.6 Å². The number of hydrogen-bond donors (Lipinski definition) is 2. The van der Waals surface area contributed by atoms with Gasteiger partial charge < -0.3 is 15.8 Å². The standard InChI is InChI=1S/C15H16BrN3O2/c1-3-21-12-6-4-5-10(17)14(12)15(20)19-11-7-8-13(16)18-9(11)2/h4-8H,3,17H2,1-2H3,(H,19,20). The second-order valence-corrected chi connectivity index (χ2v) is 5.19. The van der Waals surface area contributed by atoms with Gasteiger partial charge in [-0.05, 0) is 54.0 Å². The van der Waals surface area contributed by atoms with Crippen molar-refractivity contribution in [2.45, 2.75) is 13.8 Å². The number of rotatable bonds is 4. The highest BCUT2D eigenvalue weighted by Gasteiger charge is 2.17. The summed E-state index contributed by atoms with van der Waals surface area (Å²) in [7, 11) is 0. The van der Waals surface area contributed by atoms with Crippen LogP contribution in [-0.4, -0.2) is 17.5 Å². The minimum Gasteiger partial charge on any atom is -0.493 e. The van der Waals surface area contributed by atoms with E-state index in [1.165, 1.54) is 0 Å². The Morgan fingerprint density at radius 2 is 2.14 bits per heavy atom. The van der Waals surface area contributed by atoms with Gasteiger partial charge in [0.25, 0.3) is 5.91 Å². The lowest BCUT2D eigenvalue weighted by atomic mass is 10.1. The number of nitrogen functional groups attached to an aromatic ring is 1. The van der Waals surface area contributed by atoms with Crippen LogP contribution in [0.5, 0.6) is 5.75 Å². The monoisotopic (exact) mass is 349 g/mol. The number of nitrogens with zero attached hydrogens (tertiary/aromatic N) is 1. The zero-order chi connectivity index (χ0) is 15.4. The van der Waals surface area contributed by atoms with Gasteiger partial charge in [-0.25, -0.2) is 4.98 Å². The summed E-state index contributed by atoms with van der Waals surface area (Å²) < 4.78 is 6.18. The number of carbonyl (C=O) groups excluding carboxylic acids is 1. The lowest BCUT2D eigenvalue weighted by Crippen LogP contribution is -2.16. The molecule has 0 fully saturated rings. The summed E-state index contributed by atoms with van der Waals surface area (Å²) >= 11 is 3.29. The Morgan fingerprint density at radius 3 is 2.81 bits per heavy atom. The molecule has 0 saturated carbocycles. The molecule has 2 aromatic rings. The van der Waals surface area contributed by atoms with Gasteiger partial charge in [0.2, 0.25) is 0 Å². The number of nitrogens with two attached hydrogens (primary N) is 1. The van der Waals surface area contributed by atoms with Crippen LogP contribution in [0.4, 0.5) is 11.4 Å². The average molecular weight is 350 g/mol. The Kier molecular flexibility index (Phi) is 4.80. The van der Waals surface area contributed by atoms with Crippen molar-refractivity contribution in [1.29, 1.82) is 0 Å². The number of nitrogens with one attached hydrogen (secondary N) is 1. The van der Waals surface area contributed by atoms with E-state index in [1.807, 2.05) is 13.8 Å². The molecule has 1 aromatic carbocycles. The number of amides is 1. The molecule has 1 aromatic heterocycles. The highest BCUT2D eigenvalue weighted by Crippen LogP contribution is 2.26. The molecule has 0 saturated heterocycles. The molecule has 5 nitrogen and oxygen atoms in total. The normalized spacial score (nSPS) is 10.2. The van der Waals surface area contributed by atoms with Gasteiger partial charge in [-0.3, -0.25) is 4.79 Å². The van der Waals surface area contributed by atoms with Gasteiger partial charge in [-0.2, -0.15) is 0 Å². The molecule has 0 bridgehead atoms. The van der Waals surface area contributed by atoms with E-state index in [0.717, 1.165) is 0 Å². The molecule has 0 aliphatic rings. The maximum absolute atomic E-state index is 12.5. The van der Waals surface area contributed by atoms with Crippen LogP contribution in [-0.2, 0) is 0 Å². The van der Waals surface area contributed by atoms with Crippen LogP contribution in [0.3, 0.4) is 0 Å². The van der Waals surface area contributed by atoms with Gasteiger partial charge in [-0.1, -0.05) is 6.07 Å². The fourth-order valence-electron chi connectivity index (χ4n) is 1.91. The molecule has 0 aliphatic carbocycles. The minimum atomic E-state index is -0.316. The second kappa shape index (κ2) is 6.58. The molecule has 2 rings (SSSR count). The van der Waals surface area contributed by atoms with Crippen molar-refractivity contribution in [2.75, 3.05) is 17.7 Å². The van der Waals surface area contributed by atoms with Gasteiger partial charge in [0.15, 0.2) is 0 Å². The largest absolute Gasteiger partial charge is 0.493 e. The Bertz CT molecular complexity index is 674. The van der Waals surface area contributed by atoms with Gasteiger partial charge in [0.1, 0.15) is 15.9 Å². The van der Waals surface area contributed by atoms with Gasteiger partial charge in [0.05, 0.1) is 18.0 Å². The summed E-state index contributed by atoms with van der Waals surface area (Å²) in [4.78, 5) is 16.7. The van der Waals surface area contributed by atoms with Gasteiger partial charge >= 0.3 is 0 Å². The van der Waals surface area contributed by atoms with E-state index in [-0.39, 0.29) is 5.91 Å².